The molecule has 1 fully saturated rings. The number of alkyl halides is 2. The standard InChI is InChI=1S/C17H15ClF2N2O3/c18-14-3-2-12(7-15(14)25-16(19)20)13-6-11(8-21-9-13)10-22-4-1-5-24-17(22)23/h2-3,6-9,16H,1,4-5,10H2. The molecular formula is C17H15ClF2N2O3. The van der Waals surface area contributed by atoms with Crippen LogP contribution in [-0.4, -0.2) is 35.7 Å². The van der Waals surface area contributed by atoms with Crippen LogP contribution in [0, 0.1) is 0 Å². The lowest BCUT2D eigenvalue weighted by atomic mass is 10.1. The number of aromatic nitrogens is 1. The van der Waals surface area contributed by atoms with Crippen molar-refractivity contribution < 1.29 is 23.0 Å². The number of hydrogen-bond donors (Lipinski definition) is 0. The van der Waals surface area contributed by atoms with Crippen LogP contribution in [0.3, 0.4) is 0 Å². The Hall–Kier alpha value is -2.41. The molecule has 2 aromatic rings. The smallest absolute Gasteiger partial charge is 0.410 e. The number of benzene rings is 1. The number of amides is 1. The molecule has 0 saturated carbocycles. The van der Waals surface area contributed by atoms with Crippen LogP contribution in [0.2, 0.25) is 5.02 Å². The number of rotatable bonds is 5. The third-order valence-electron chi connectivity index (χ3n) is 3.71. The summed E-state index contributed by atoms with van der Waals surface area (Å²) in [5.41, 5.74) is 2.15. The molecule has 0 bridgehead atoms. The number of carbonyl (C=O) groups is 1. The number of ether oxygens (including phenoxy) is 2. The highest BCUT2D eigenvalue weighted by molar-refractivity contribution is 6.32. The third-order valence-corrected chi connectivity index (χ3v) is 4.02. The summed E-state index contributed by atoms with van der Waals surface area (Å²) in [4.78, 5) is 17.5. The largest absolute Gasteiger partial charge is 0.449 e. The molecule has 132 valence electrons. The van der Waals surface area contributed by atoms with E-state index in [2.05, 4.69) is 9.72 Å². The van der Waals surface area contributed by atoms with Gasteiger partial charge in [0.1, 0.15) is 5.75 Å². The van der Waals surface area contributed by atoms with E-state index in [1.54, 1.807) is 23.4 Å². The quantitative estimate of drug-likeness (QED) is 0.787. The number of nitrogens with zero attached hydrogens (tertiary/aromatic N) is 2. The van der Waals surface area contributed by atoms with Crippen LogP contribution in [0.1, 0.15) is 12.0 Å². The SMILES string of the molecule is O=C1OCCCN1Cc1cncc(-c2ccc(Cl)c(OC(F)F)c2)c1. The average Bonchev–Trinajstić information content (AvgIpc) is 2.59. The monoisotopic (exact) mass is 368 g/mol. The number of pyridine rings is 1. The lowest BCUT2D eigenvalue weighted by Crippen LogP contribution is -2.37. The van der Waals surface area contributed by atoms with Crippen LogP contribution >= 0.6 is 11.6 Å². The van der Waals surface area contributed by atoms with Crippen molar-refractivity contribution in [3.63, 3.8) is 0 Å². The van der Waals surface area contributed by atoms with Crippen LogP contribution in [0.25, 0.3) is 11.1 Å². The second-order valence-corrected chi connectivity index (χ2v) is 5.90. The third kappa shape index (κ3) is 4.36. The van der Waals surface area contributed by atoms with E-state index >= 15 is 0 Å². The summed E-state index contributed by atoms with van der Waals surface area (Å²) in [5.74, 6) is -0.0980. The fourth-order valence-corrected chi connectivity index (χ4v) is 2.72. The normalized spacial score (nSPS) is 14.6. The molecule has 0 unspecified atom stereocenters. The second-order valence-electron chi connectivity index (χ2n) is 5.50. The maximum Gasteiger partial charge on any atom is 0.410 e. The Morgan fingerprint density at radius 1 is 1.28 bits per heavy atom. The van der Waals surface area contributed by atoms with E-state index in [0.29, 0.717) is 30.8 Å². The minimum atomic E-state index is -2.96. The van der Waals surface area contributed by atoms with Gasteiger partial charge in [0, 0.05) is 24.5 Å². The molecule has 1 saturated heterocycles. The van der Waals surface area contributed by atoms with Crippen molar-refractivity contribution in [2.75, 3.05) is 13.2 Å². The first kappa shape index (κ1) is 17.4. The maximum atomic E-state index is 12.5. The van der Waals surface area contributed by atoms with Crippen LogP contribution in [0.4, 0.5) is 13.6 Å². The predicted octanol–water partition coefficient (Wildman–Crippen LogP) is 4.35. The van der Waals surface area contributed by atoms with E-state index in [1.807, 2.05) is 6.07 Å². The highest BCUT2D eigenvalue weighted by Crippen LogP contribution is 2.31. The molecule has 2 heterocycles. The minimum Gasteiger partial charge on any atom is -0.449 e. The van der Waals surface area contributed by atoms with Gasteiger partial charge in [-0.3, -0.25) is 4.98 Å². The van der Waals surface area contributed by atoms with E-state index in [4.69, 9.17) is 16.3 Å². The van der Waals surface area contributed by atoms with E-state index in [-0.39, 0.29) is 16.9 Å². The zero-order chi connectivity index (χ0) is 17.8. The van der Waals surface area contributed by atoms with Crippen molar-refractivity contribution in [2.45, 2.75) is 19.6 Å². The summed E-state index contributed by atoms with van der Waals surface area (Å²) in [6.07, 6.45) is 3.69. The van der Waals surface area contributed by atoms with E-state index in [1.165, 1.54) is 12.1 Å². The molecule has 0 radical (unpaired) electrons. The van der Waals surface area contributed by atoms with Crippen LogP contribution < -0.4 is 4.74 Å². The predicted molar refractivity (Wildman–Crippen MR) is 87.7 cm³/mol. The molecule has 0 aliphatic carbocycles. The molecule has 1 aliphatic heterocycles. The van der Waals surface area contributed by atoms with Crippen molar-refractivity contribution in [1.29, 1.82) is 0 Å². The van der Waals surface area contributed by atoms with Crippen molar-refractivity contribution in [1.82, 2.24) is 9.88 Å². The van der Waals surface area contributed by atoms with Gasteiger partial charge in [0.05, 0.1) is 18.2 Å². The minimum absolute atomic E-state index is 0.0980. The number of carbonyl (C=O) groups excluding carboxylic acids is 1. The molecule has 1 aromatic heterocycles. The molecule has 0 spiro atoms. The molecule has 5 nitrogen and oxygen atoms in total. The molecule has 0 atom stereocenters. The number of halogens is 3. The summed E-state index contributed by atoms with van der Waals surface area (Å²) >= 11 is 5.87. The average molecular weight is 369 g/mol. The Labute approximate surface area is 148 Å². The van der Waals surface area contributed by atoms with Gasteiger partial charge in [-0.05, 0) is 35.7 Å². The zero-order valence-corrected chi connectivity index (χ0v) is 13.9. The summed E-state index contributed by atoms with van der Waals surface area (Å²) in [7, 11) is 0. The van der Waals surface area contributed by atoms with Crippen LogP contribution in [-0.2, 0) is 11.3 Å². The summed E-state index contributed by atoms with van der Waals surface area (Å²) in [6.45, 7) is -1.53. The Bertz CT molecular complexity index is 773. The zero-order valence-electron chi connectivity index (χ0n) is 13.1. The lowest BCUT2D eigenvalue weighted by molar-refractivity contribution is -0.0497. The highest BCUT2D eigenvalue weighted by Gasteiger charge is 2.20. The first-order chi connectivity index (χ1) is 12.0. The lowest BCUT2D eigenvalue weighted by Gasteiger charge is -2.26. The molecule has 0 N–H and O–H groups in total. The van der Waals surface area contributed by atoms with Crippen LogP contribution in [0.5, 0.6) is 5.75 Å². The van der Waals surface area contributed by atoms with Gasteiger partial charge < -0.3 is 14.4 Å². The Balaban J connectivity index is 1.82. The number of hydrogen-bond acceptors (Lipinski definition) is 4. The van der Waals surface area contributed by atoms with Gasteiger partial charge in [-0.25, -0.2) is 4.79 Å². The topological polar surface area (TPSA) is 51.7 Å². The maximum absolute atomic E-state index is 12.5. The summed E-state index contributed by atoms with van der Waals surface area (Å²) in [6, 6.07) is 6.45. The van der Waals surface area contributed by atoms with Gasteiger partial charge >= 0.3 is 12.7 Å². The fraction of sp³-hybridized carbons (Fsp3) is 0.294. The van der Waals surface area contributed by atoms with Gasteiger partial charge in [0.2, 0.25) is 0 Å². The van der Waals surface area contributed by atoms with E-state index < -0.39 is 6.61 Å². The fourth-order valence-electron chi connectivity index (χ4n) is 2.56. The second kappa shape index (κ2) is 7.65. The Kier molecular flexibility index (Phi) is 5.33. The molecule has 1 aliphatic rings. The van der Waals surface area contributed by atoms with E-state index in [0.717, 1.165) is 12.0 Å². The molecular weight excluding hydrogens is 354 g/mol. The Morgan fingerprint density at radius 2 is 2.12 bits per heavy atom. The van der Waals surface area contributed by atoms with Crippen molar-refractivity contribution in [3.8, 4) is 16.9 Å². The number of cyclic esters (lactones) is 1. The van der Waals surface area contributed by atoms with E-state index in [9.17, 15) is 13.6 Å². The molecule has 8 heteroatoms. The van der Waals surface area contributed by atoms with Gasteiger partial charge in [-0.2, -0.15) is 8.78 Å². The molecule has 1 amide bonds. The van der Waals surface area contributed by atoms with Gasteiger partial charge in [0.25, 0.3) is 0 Å². The van der Waals surface area contributed by atoms with Crippen LogP contribution in [0.15, 0.2) is 36.7 Å². The molecule has 25 heavy (non-hydrogen) atoms. The molecule has 3 rings (SSSR count). The first-order valence-corrected chi connectivity index (χ1v) is 8.01. The summed E-state index contributed by atoms with van der Waals surface area (Å²) in [5, 5.41) is 0.101. The summed E-state index contributed by atoms with van der Waals surface area (Å²) < 4.78 is 34.3. The van der Waals surface area contributed by atoms with Crippen molar-refractivity contribution >= 4 is 17.7 Å². The molecule has 1 aromatic carbocycles. The van der Waals surface area contributed by atoms with Gasteiger partial charge in [-0.15, -0.1) is 0 Å². The van der Waals surface area contributed by atoms with Crippen molar-refractivity contribution in [3.05, 3.63) is 47.2 Å². The van der Waals surface area contributed by atoms with Gasteiger partial charge in [-0.1, -0.05) is 17.7 Å². The first-order valence-electron chi connectivity index (χ1n) is 7.63. The Morgan fingerprint density at radius 3 is 2.88 bits per heavy atom. The highest BCUT2D eigenvalue weighted by atomic mass is 35.5. The van der Waals surface area contributed by atoms with Gasteiger partial charge in [0.15, 0.2) is 0 Å². The van der Waals surface area contributed by atoms with Crippen molar-refractivity contribution in [2.24, 2.45) is 0 Å².